The van der Waals surface area contributed by atoms with Gasteiger partial charge in [0.1, 0.15) is 0 Å². The van der Waals surface area contributed by atoms with Crippen LogP contribution in [-0.4, -0.2) is 24.1 Å². The molecule has 0 fully saturated rings. The smallest absolute Gasteiger partial charge is 0.216 e. The van der Waals surface area contributed by atoms with Crippen molar-refractivity contribution in [3.8, 4) is 56.4 Å². The number of imidazole rings is 2. The number of fused-ring (bicyclic) bond motifs is 5. The normalized spacial score (nSPS) is 16.1. The first-order chi connectivity index (χ1) is 43.2. The van der Waals surface area contributed by atoms with Gasteiger partial charge < -0.3 is 13.6 Å². The second kappa shape index (κ2) is 21.5. The molecule has 76 heavy (non-hydrogen) atoms. The number of para-hydroxylation sites is 5. The second-order valence-electron chi connectivity index (χ2n) is 19.2. The van der Waals surface area contributed by atoms with E-state index in [1.165, 1.54) is 52.2 Å². The van der Waals surface area contributed by atoms with Crippen LogP contribution >= 0.6 is 0 Å². The monoisotopic (exact) mass is 1190 g/mol. The average Bonchev–Trinajstić information content (AvgIpc) is 1.44. The third-order valence-corrected chi connectivity index (χ3v) is 13.6. The van der Waals surface area contributed by atoms with Gasteiger partial charge in [0.25, 0.3) is 0 Å². The van der Waals surface area contributed by atoms with Crippen LogP contribution in [0, 0.1) is 25.9 Å². The fourth-order valence-electron chi connectivity index (χ4n) is 10.0. The van der Waals surface area contributed by atoms with Gasteiger partial charge in [-0.15, -0.1) is 47.5 Å². The predicted octanol–water partition coefficient (Wildman–Crippen LogP) is 18.7. The molecule has 0 unspecified atom stereocenters. The number of nitrogens with zero attached hydrogens (tertiary/aromatic N) is 5. The van der Waals surface area contributed by atoms with Gasteiger partial charge in [-0.05, 0) is 118 Å². The van der Waals surface area contributed by atoms with E-state index in [2.05, 4.69) is 127 Å². The van der Waals surface area contributed by atoms with Gasteiger partial charge >= 0.3 is 0 Å². The van der Waals surface area contributed by atoms with Gasteiger partial charge in [0, 0.05) is 65.9 Å². The van der Waals surface area contributed by atoms with Crippen molar-refractivity contribution >= 4 is 44.1 Å². The van der Waals surface area contributed by atoms with Crippen molar-refractivity contribution in [1.82, 2.24) is 24.1 Å². The summed E-state index contributed by atoms with van der Waals surface area (Å²) in [5.74, 6) is -5.75. The maximum Gasteiger partial charge on any atom is 0.216 e. The zero-order valence-corrected chi connectivity index (χ0v) is 44.8. The SMILES string of the molecule is Cc1ccc2c(n1)oc1c(-c3nc4ccccc4n3-c3c(C(C)C)cc(-c4ccccc4)cc3C(C)C)[c-]ccc12.[2H]C([2H])([2H])c1c[c-]c(-c2nc3ccccc3n2-c2c(C([2H])(C([2H])([2H])[2H])C([2H])([2H])[2H])cccc2C([2H])(C([2H])([2H])[2H])C([2H])([2H])[2H])cc1-c1ccccc1.[Ir]. The maximum atomic E-state index is 9.18. The van der Waals surface area contributed by atoms with E-state index in [1.54, 1.807) is 42.5 Å². The third-order valence-electron chi connectivity index (χ3n) is 13.6. The maximum absolute atomic E-state index is 9.18. The van der Waals surface area contributed by atoms with E-state index in [-0.39, 0.29) is 53.7 Å². The standard InChI is InChI=1S/C37H32N3O.C32H31N2.Ir/c1-22(2)30-20-26(25-12-7-6-8-13-25)21-31(23(3)4)34(30)40-33-17-10-9-16-32(33)39-36(40)29-15-11-14-27-28-19-18-24(5)38-37(28)41-35(27)29;1-21(2)26-14-11-15-27(22(3)4)31(26)34-30-17-10-9-16-29(30)33-32(34)25-19-18-23(5)28(20-25)24-12-7-6-8-13-24;/h6-14,16-23H,1-5H3;6-18,20-22H,1-5H3;/q2*-1;/i;1D3,2D3,3D3,4D3,5D3,21D,22D;. The molecule has 12 rings (SSSR count). The molecule has 8 aromatic carbocycles. The number of aromatic nitrogens is 5. The molecule has 4 aromatic heterocycles. The van der Waals surface area contributed by atoms with Crippen LogP contribution in [0.15, 0.2) is 180 Å². The van der Waals surface area contributed by atoms with Crippen LogP contribution in [0.1, 0.15) is 136 Å². The molecular formula is C69H63IrN5O-2. The first-order valence-electron chi connectivity index (χ1n) is 33.3. The van der Waals surface area contributed by atoms with Crippen LogP contribution in [0.3, 0.4) is 0 Å². The topological polar surface area (TPSA) is 61.7 Å². The number of hydrogen-bond donors (Lipinski definition) is 0. The van der Waals surface area contributed by atoms with E-state index >= 15 is 0 Å². The predicted molar refractivity (Wildman–Crippen MR) is 312 cm³/mol. The summed E-state index contributed by atoms with van der Waals surface area (Å²) in [5.41, 5.74) is 10.1. The summed E-state index contributed by atoms with van der Waals surface area (Å²) < 4.78 is 152. The Kier molecular flexibility index (Phi) is 9.84. The Morgan fingerprint density at radius 1 is 0.539 bits per heavy atom. The van der Waals surface area contributed by atoms with E-state index in [1.807, 2.05) is 25.1 Å². The van der Waals surface area contributed by atoms with E-state index < -0.39 is 62.9 Å². The largest absolute Gasteiger partial charge is 0.486 e. The molecule has 381 valence electrons. The molecule has 7 heteroatoms. The molecule has 0 N–H and O–H groups in total. The van der Waals surface area contributed by atoms with Gasteiger partial charge in [0.2, 0.25) is 5.71 Å². The Labute approximate surface area is 484 Å². The van der Waals surface area contributed by atoms with Crippen LogP contribution in [0.5, 0.6) is 0 Å². The van der Waals surface area contributed by atoms with Gasteiger partial charge in [0.15, 0.2) is 0 Å². The summed E-state index contributed by atoms with van der Waals surface area (Å²) in [4.78, 5) is 14.6. The van der Waals surface area contributed by atoms with Crippen LogP contribution < -0.4 is 0 Å². The molecule has 0 aliphatic heterocycles. The number of furan rings is 1. The first-order valence-corrected chi connectivity index (χ1v) is 24.8. The zero-order chi connectivity index (χ0) is 66.4. The van der Waals surface area contributed by atoms with Gasteiger partial charge in [-0.1, -0.05) is 182 Å². The number of aryl methyl sites for hydroxylation is 2. The molecular weight excluding hydrogens is 1110 g/mol. The fourth-order valence-corrected chi connectivity index (χ4v) is 10.0. The van der Waals surface area contributed by atoms with Gasteiger partial charge in [-0.25, -0.2) is 4.98 Å². The van der Waals surface area contributed by atoms with Gasteiger partial charge in [-0.2, -0.15) is 0 Å². The fraction of sp³-hybridized carbons (Fsp3) is 0.203. The minimum Gasteiger partial charge on any atom is -0.486 e. The number of pyridine rings is 1. The Morgan fingerprint density at radius 3 is 1.71 bits per heavy atom. The first kappa shape index (κ1) is 34.8. The van der Waals surface area contributed by atoms with Gasteiger partial charge in [-0.3, -0.25) is 9.97 Å². The minimum absolute atomic E-state index is 0. The Hall–Kier alpha value is -7.70. The van der Waals surface area contributed by atoms with Crippen molar-refractivity contribution < 1.29 is 47.8 Å². The average molecular weight is 1190 g/mol. The van der Waals surface area contributed by atoms with Crippen LogP contribution in [-0.2, 0) is 20.1 Å². The zero-order valence-electron chi connectivity index (χ0n) is 59.4. The van der Waals surface area contributed by atoms with Crippen molar-refractivity contribution in [1.29, 1.82) is 0 Å². The molecule has 0 amide bonds. The Balaban J connectivity index is 0.000000205. The third kappa shape index (κ3) is 9.52. The molecule has 0 saturated heterocycles. The van der Waals surface area contributed by atoms with E-state index in [4.69, 9.17) is 30.0 Å². The van der Waals surface area contributed by atoms with E-state index in [9.17, 15) is 2.74 Å². The Bertz CT molecular complexity index is 4640. The minimum atomic E-state index is -3.61. The molecule has 0 aliphatic carbocycles. The molecule has 1 radical (unpaired) electrons. The van der Waals surface area contributed by atoms with E-state index in [0.29, 0.717) is 23.1 Å². The molecule has 0 spiro atoms. The van der Waals surface area contributed by atoms with Gasteiger partial charge in [0.05, 0.1) is 39.3 Å². The molecule has 6 nitrogen and oxygen atoms in total. The second-order valence-corrected chi connectivity index (χ2v) is 19.2. The molecule has 0 bridgehead atoms. The van der Waals surface area contributed by atoms with Crippen molar-refractivity contribution in [3.05, 3.63) is 222 Å². The van der Waals surface area contributed by atoms with Crippen molar-refractivity contribution in [2.75, 3.05) is 0 Å². The number of rotatable bonds is 10. The van der Waals surface area contributed by atoms with Crippen LogP contribution in [0.2, 0.25) is 0 Å². The van der Waals surface area contributed by atoms with Crippen molar-refractivity contribution in [2.24, 2.45) is 0 Å². The molecule has 4 heterocycles. The molecule has 0 saturated carbocycles. The van der Waals surface area contributed by atoms with Crippen LogP contribution in [0.4, 0.5) is 0 Å². The molecule has 0 aliphatic rings. The molecule has 0 atom stereocenters. The summed E-state index contributed by atoms with van der Waals surface area (Å²) >= 11 is 0. The summed E-state index contributed by atoms with van der Waals surface area (Å²) in [5, 5.41) is 2.02. The quantitative estimate of drug-likeness (QED) is 0.128. The van der Waals surface area contributed by atoms with Crippen molar-refractivity contribution in [3.63, 3.8) is 0 Å². The summed E-state index contributed by atoms with van der Waals surface area (Å²) in [6.45, 7) is -5.96. The number of hydrogen-bond acceptors (Lipinski definition) is 4. The van der Waals surface area contributed by atoms with Crippen LogP contribution in [0.25, 0.3) is 101 Å². The van der Waals surface area contributed by atoms with E-state index in [0.717, 1.165) is 67.2 Å². The summed E-state index contributed by atoms with van der Waals surface area (Å²) in [6, 6.07) is 58.6. The summed E-state index contributed by atoms with van der Waals surface area (Å²) in [7, 11) is 0. The molecule has 12 aromatic rings. The van der Waals surface area contributed by atoms with Crippen molar-refractivity contribution in [2.45, 2.75) is 92.5 Å². The number of benzene rings is 8. The summed E-state index contributed by atoms with van der Waals surface area (Å²) in [6.07, 6.45) is 0. The Morgan fingerprint density at radius 2 is 1.11 bits per heavy atom.